The van der Waals surface area contributed by atoms with E-state index in [2.05, 4.69) is 0 Å². The second-order valence-electron chi connectivity index (χ2n) is 3.02. The zero-order valence-corrected chi connectivity index (χ0v) is 8.29. The second kappa shape index (κ2) is 4.37. The first-order chi connectivity index (χ1) is 6.56. The van der Waals surface area contributed by atoms with Crippen LogP contribution >= 0.6 is 11.6 Å². The van der Waals surface area contributed by atoms with Gasteiger partial charge in [-0.25, -0.2) is 0 Å². The van der Waals surface area contributed by atoms with Crippen molar-refractivity contribution in [2.75, 3.05) is 6.67 Å². The number of hydrogen-bond donors (Lipinski definition) is 0. The van der Waals surface area contributed by atoms with Crippen molar-refractivity contribution < 1.29 is 9.31 Å². The smallest absolute Gasteiger partial charge is 0.258 e. The summed E-state index contributed by atoms with van der Waals surface area (Å²) in [6.07, 6.45) is 0. The molecule has 1 atom stereocenters. The molecule has 14 heavy (non-hydrogen) atoms. The van der Waals surface area contributed by atoms with E-state index in [4.69, 9.17) is 11.6 Å². The zero-order chi connectivity index (χ0) is 10.7. The fourth-order valence-electron chi connectivity index (χ4n) is 1.11. The molecule has 1 aromatic carbocycles. The second-order valence-corrected chi connectivity index (χ2v) is 3.43. The van der Waals surface area contributed by atoms with Gasteiger partial charge in [-0.3, -0.25) is 14.5 Å². The van der Waals surface area contributed by atoms with E-state index in [9.17, 15) is 14.5 Å². The van der Waals surface area contributed by atoms with Crippen LogP contribution in [0.25, 0.3) is 0 Å². The predicted molar refractivity (Wildman–Crippen MR) is 52.5 cm³/mol. The molecule has 0 fully saturated rings. The number of hydrogen-bond acceptors (Lipinski definition) is 2. The average molecular weight is 218 g/mol. The molecule has 0 aliphatic heterocycles. The first kappa shape index (κ1) is 10.9. The molecule has 1 unspecified atom stereocenters. The van der Waals surface area contributed by atoms with Crippen LogP contribution in [0.3, 0.4) is 0 Å². The van der Waals surface area contributed by atoms with Gasteiger partial charge < -0.3 is 0 Å². The number of non-ortho nitro benzene ring substituents is 1. The number of nitrogens with zero attached hydrogens (tertiary/aromatic N) is 1. The maximum Gasteiger partial charge on any atom is 0.270 e. The third kappa shape index (κ3) is 2.20. The number of nitro benzene ring substituents is 1. The Hall–Kier alpha value is -1.16. The lowest BCUT2D eigenvalue weighted by atomic mass is 10.0. The highest BCUT2D eigenvalue weighted by Crippen LogP contribution is 2.28. The minimum atomic E-state index is -0.532. The van der Waals surface area contributed by atoms with Gasteiger partial charge in [0.05, 0.1) is 16.6 Å². The van der Waals surface area contributed by atoms with Gasteiger partial charge >= 0.3 is 0 Å². The van der Waals surface area contributed by atoms with Gasteiger partial charge in [0, 0.05) is 18.1 Å². The molecule has 0 amide bonds. The molecule has 0 aliphatic rings. The highest BCUT2D eigenvalue weighted by atomic mass is 35.5. The van der Waals surface area contributed by atoms with Crippen LogP contribution < -0.4 is 0 Å². The summed E-state index contributed by atoms with van der Waals surface area (Å²) in [6, 6.07) is 4.06. The fourth-order valence-corrected chi connectivity index (χ4v) is 1.47. The van der Waals surface area contributed by atoms with Gasteiger partial charge in [0.2, 0.25) is 0 Å². The van der Waals surface area contributed by atoms with Crippen LogP contribution in [0.15, 0.2) is 18.2 Å². The minimum absolute atomic E-state index is 0.0789. The van der Waals surface area contributed by atoms with Gasteiger partial charge in [-0.2, -0.15) is 0 Å². The summed E-state index contributed by atoms with van der Waals surface area (Å²) in [4.78, 5) is 9.84. The molecule has 1 rings (SSSR count). The van der Waals surface area contributed by atoms with Gasteiger partial charge in [-0.15, -0.1) is 0 Å². The molecule has 0 radical (unpaired) electrons. The highest BCUT2D eigenvalue weighted by Gasteiger charge is 2.13. The van der Waals surface area contributed by atoms with Crippen molar-refractivity contribution in [2.24, 2.45) is 0 Å². The molecule has 1 aromatic rings. The van der Waals surface area contributed by atoms with Crippen LogP contribution in [0.2, 0.25) is 5.02 Å². The molecule has 5 heteroatoms. The average Bonchev–Trinajstić information content (AvgIpc) is 2.16. The molecule has 76 valence electrons. The van der Waals surface area contributed by atoms with Crippen molar-refractivity contribution in [2.45, 2.75) is 12.8 Å². The maximum absolute atomic E-state index is 12.3. The molecule has 0 aromatic heterocycles. The van der Waals surface area contributed by atoms with E-state index in [1.807, 2.05) is 0 Å². The van der Waals surface area contributed by atoms with Crippen LogP contribution in [-0.2, 0) is 0 Å². The Bertz CT molecular complexity index is 357. The van der Waals surface area contributed by atoms with Crippen LogP contribution in [0, 0.1) is 10.1 Å². The number of nitro groups is 1. The molecule has 0 saturated carbocycles. The van der Waals surface area contributed by atoms with E-state index in [1.165, 1.54) is 18.2 Å². The lowest BCUT2D eigenvalue weighted by Crippen LogP contribution is -1.97. The Morgan fingerprint density at radius 1 is 1.64 bits per heavy atom. The van der Waals surface area contributed by atoms with Crippen molar-refractivity contribution >= 4 is 17.3 Å². The highest BCUT2D eigenvalue weighted by molar-refractivity contribution is 6.31. The minimum Gasteiger partial charge on any atom is -0.258 e. The number of alkyl halides is 1. The lowest BCUT2D eigenvalue weighted by molar-refractivity contribution is -0.384. The summed E-state index contributed by atoms with van der Waals surface area (Å²) in [7, 11) is 0. The lowest BCUT2D eigenvalue weighted by Gasteiger charge is -2.08. The molecule has 3 nitrogen and oxygen atoms in total. The first-order valence-corrected chi connectivity index (χ1v) is 4.44. The Morgan fingerprint density at radius 2 is 2.29 bits per heavy atom. The summed E-state index contributed by atoms with van der Waals surface area (Å²) in [5.74, 6) is -0.330. The van der Waals surface area contributed by atoms with Crippen molar-refractivity contribution in [3.05, 3.63) is 38.9 Å². The normalized spacial score (nSPS) is 12.5. The molecular formula is C9H9ClFNO2. The Kier molecular flexibility index (Phi) is 3.41. The van der Waals surface area contributed by atoms with Crippen molar-refractivity contribution in [3.8, 4) is 0 Å². The molecule has 0 N–H and O–H groups in total. The first-order valence-electron chi connectivity index (χ1n) is 4.06. The third-order valence-corrected chi connectivity index (χ3v) is 2.28. The van der Waals surface area contributed by atoms with E-state index in [0.29, 0.717) is 5.56 Å². The standard InChI is InChI=1S/C9H9ClFNO2/c1-6(5-11)8-3-2-7(12(13)14)4-9(8)10/h2-4,6H,5H2,1H3. The van der Waals surface area contributed by atoms with E-state index in [1.54, 1.807) is 6.92 Å². The van der Waals surface area contributed by atoms with Gasteiger partial charge in [0.1, 0.15) is 0 Å². The van der Waals surface area contributed by atoms with E-state index >= 15 is 0 Å². The summed E-state index contributed by atoms with van der Waals surface area (Å²) in [6.45, 7) is 1.14. The van der Waals surface area contributed by atoms with Crippen LogP contribution in [0.4, 0.5) is 10.1 Å². The molecule has 0 bridgehead atoms. The van der Waals surface area contributed by atoms with E-state index in [-0.39, 0.29) is 16.6 Å². The van der Waals surface area contributed by atoms with Gasteiger partial charge in [0.15, 0.2) is 0 Å². The van der Waals surface area contributed by atoms with Crippen LogP contribution in [0.1, 0.15) is 18.4 Å². The van der Waals surface area contributed by atoms with Crippen LogP contribution in [-0.4, -0.2) is 11.6 Å². The van der Waals surface area contributed by atoms with Crippen LogP contribution in [0.5, 0.6) is 0 Å². The van der Waals surface area contributed by atoms with Gasteiger partial charge in [0.25, 0.3) is 5.69 Å². The van der Waals surface area contributed by atoms with Crippen molar-refractivity contribution in [1.29, 1.82) is 0 Å². The largest absolute Gasteiger partial charge is 0.270 e. The van der Waals surface area contributed by atoms with Gasteiger partial charge in [-0.05, 0) is 5.56 Å². The number of benzene rings is 1. The molecule has 0 spiro atoms. The monoisotopic (exact) mass is 217 g/mol. The molecule has 0 saturated heterocycles. The Labute approximate surface area is 85.6 Å². The maximum atomic E-state index is 12.3. The third-order valence-electron chi connectivity index (χ3n) is 1.96. The SMILES string of the molecule is CC(CF)c1ccc([N+](=O)[O-])cc1Cl. The quantitative estimate of drug-likeness (QED) is 0.576. The molecule has 0 aliphatic carbocycles. The topological polar surface area (TPSA) is 43.1 Å². The Morgan fingerprint density at radius 3 is 2.71 bits per heavy atom. The summed E-state index contributed by atoms with van der Waals surface area (Å²) in [5, 5.41) is 10.6. The fraction of sp³-hybridized carbons (Fsp3) is 0.333. The number of halogens is 2. The van der Waals surface area contributed by atoms with E-state index < -0.39 is 11.6 Å². The van der Waals surface area contributed by atoms with Gasteiger partial charge in [-0.1, -0.05) is 24.6 Å². The zero-order valence-electron chi connectivity index (χ0n) is 7.54. The summed E-state index contributed by atoms with van der Waals surface area (Å²) >= 11 is 5.78. The Balaban J connectivity index is 3.07. The molecule has 0 heterocycles. The number of rotatable bonds is 3. The van der Waals surface area contributed by atoms with E-state index in [0.717, 1.165) is 0 Å². The molecular weight excluding hydrogens is 209 g/mol. The predicted octanol–water partition coefficient (Wildman–Crippen LogP) is 3.32. The van der Waals surface area contributed by atoms with Crippen molar-refractivity contribution in [1.82, 2.24) is 0 Å². The summed E-state index contributed by atoms with van der Waals surface area (Å²) in [5.41, 5.74) is 0.518. The summed E-state index contributed by atoms with van der Waals surface area (Å²) < 4.78 is 12.3. The van der Waals surface area contributed by atoms with Crippen molar-refractivity contribution in [3.63, 3.8) is 0 Å².